The maximum absolute atomic E-state index is 12.5. The van der Waals surface area contributed by atoms with Gasteiger partial charge in [0.2, 0.25) is 0 Å². The van der Waals surface area contributed by atoms with Gasteiger partial charge in [-0.25, -0.2) is 0 Å². The monoisotopic (exact) mass is 383 g/mol. The summed E-state index contributed by atoms with van der Waals surface area (Å²) in [5, 5.41) is 11.5. The van der Waals surface area contributed by atoms with Gasteiger partial charge in [-0.15, -0.1) is 5.10 Å². The summed E-state index contributed by atoms with van der Waals surface area (Å²) in [6.07, 6.45) is 0. The summed E-state index contributed by atoms with van der Waals surface area (Å²) in [5.41, 5.74) is 1.09. The number of carbonyl (C=O) groups excluding carboxylic acids is 1. The third kappa shape index (κ3) is 3.37. The molecule has 0 aliphatic rings. The fourth-order valence-electron chi connectivity index (χ4n) is 2.59. The third-order valence-corrected chi connectivity index (χ3v) is 4.11. The molecule has 0 bridgehead atoms. The van der Waals surface area contributed by atoms with Gasteiger partial charge in [0.25, 0.3) is 11.8 Å². The van der Waals surface area contributed by atoms with Crippen LogP contribution < -0.4 is 10.1 Å². The highest BCUT2D eigenvalue weighted by Crippen LogP contribution is 2.30. The molecule has 4 rings (SSSR count). The molecule has 0 atom stereocenters. The van der Waals surface area contributed by atoms with Crippen LogP contribution in [0.2, 0.25) is 5.02 Å². The Morgan fingerprint density at radius 1 is 1.15 bits per heavy atom. The van der Waals surface area contributed by atoms with Crippen molar-refractivity contribution in [2.45, 2.75) is 6.92 Å². The van der Waals surface area contributed by atoms with E-state index in [-0.39, 0.29) is 17.7 Å². The SMILES string of the molecule is CCOc1cccc2cc(C(=O)Nc3nnc(-c4ccccc4Cl)o3)oc12. The van der Waals surface area contributed by atoms with Crippen molar-refractivity contribution in [1.82, 2.24) is 10.2 Å². The van der Waals surface area contributed by atoms with Crippen LogP contribution in [0, 0.1) is 0 Å². The standard InChI is InChI=1S/C19H14ClN3O4/c1-2-25-14-9-5-6-11-10-15(26-16(11)14)17(24)21-19-23-22-18(27-19)12-7-3-4-8-13(12)20/h3-10H,2H2,1H3,(H,21,23,24). The van der Waals surface area contributed by atoms with Crippen LogP contribution in [0.3, 0.4) is 0 Å². The van der Waals surface area contributed by atoms with Gasteiger partial charge in [-0.2, -0.15) is 0 Å². The van der Waals surface area contributed by atoms with Gasteiger partial charge < -0.3 is 13.6 Å². The number of rotatable bonds is 5. The number of amides is 1. The molecule has 0 fully saturated rings. The van der Waals surface area contributed by atoms with Gasteiger partial charge in [0.15, 0.2) is 17.1 Å². The zero-order valence-electron chi connectivity index (χ0n) is 14.2. The fourth-order valence-corrected chi connectivity index (χ4v) is 2.81. The number of nitrogens with one attached hydrogen (secondary N) is 1. The van der Waals surface area contributed by atoms with Crippen molar-refractivity contribution in [3.63, 3.8) is 0 Å². The van der Waals surface area contributed by atoms with Crippen molar-refractivity contribution in [2.24, 2.45) is 0 Å². The number of carbonyl (C=O) groups is 1. The van der Waals surface area contributed by atoms with Crippen molar-refractivity contribution in [1.29, 1.82) is 0 Å². The summed E-state index contributed by atoms with van der Waals surface area (Å²) in [6, 6.07) is 14.1. The first-order chi connectivity index (χ1) is 13.2. The molecular weight excluding hydrogens is 370 g/mol. The highest BCUT2D eigenvalue weighted by Gasteiger charge is 2.18. The molecular formula is C19H14ClN3O4. The Balaban J connectivity index is 1.57. The summed E-state index contributed by atoms with van der Waals surface area (Å²) >= 11 is 6.11. The number of hydrogen-bond donors (Lipinski definition) is 1. The molecule has 27 heavy (non-hydrogen) atoms. The number of benzene rings is 2. The second kappa shape index (κ2) is 7.13. The van der Waals surface area contributed by atoms with E-state index in [4.69, 9.17) is 25.2 Å². The third-order valence-electron chi connectivity index (χ3n) is 3.78. The molecule has 7 nitrogen and oxygen atoms in total. The summed E-state index contributed by atoms with van der Waals surface area (Å²) in [4.78, 5) is 12.5. The van der Waals surface area contributed by atoms with Gasteiger partial charge in [0.1, 0.15) is 0 Å². The lowest BCUT2D eigenvalue weighted by Gasteiger charge is -2.02. The van der Waals surface area contributed by atoms with Crippen molar-refractivity contribution < 1.29 is 18.4 Å². The van der Waals surface area contributed by atoms with Gasteiger partial charge in [-0.1, -0.05) is 41.0 Å². The predicted octanol–water partition coefficient (Wildman–Crippen LogP) is 4.79. The first kappa shape index (κ1) is 17.1. The normalized spacial score (nSPS) is 10.9. The largest absolute Gasteiger partial charge is 0.490 e. The Bertz CT molecular complexity index is 1120. The van der Waals surface area contributed by atoms with Crippen LogP contribution in [-0.4, -0.2) is 22.7 Å². The molecule has 0 aliphatic carbocycles. The van der Waals surface area contributed by atoms with E-state index in [1.54, 1.807) is 36.4 Å². The molecule has 0 radical (unpaired) electrons. The van der Waals surface area contributed by atoms with Crippen LogP contribution in [0.4, 0.5) is 6.01 Å². The number of halogens is 1. The summed E-state index contributed by atoms with van der Waals surface area (Å²) in [7, 11) is 0. The fraction of sp³-hybridized carbons (Fsp3) is 0.105. The van der Waals surface area contributed by atoms with Crippen LogP contribution in [0.15, 0.2) is 57.4 Å². The molecule has 136 valence electrons. The Morgan fingerprint density at radius 3 is 2.81 bits per heavy atom. The molecule has 0 aliphatic heterocycles. The number of furan rings is 1. The quantitative estimate of drug-likeness (QED) is 0.533. The lowest BCUT2D eigenvalue weighted by Crippen LogP contribution is -2.10. The zero-order chi connectivity index (χ0) is 18.8. The van der Waals surface area contributed by atoms with Gasteiger partial charge in [-0.05, 0) is 31.2 Å². The molecule has 4 aromatic rings. The molecule has 1 amide bonds. The van der Waals surface area contributed by atoms with E-state index in [2.05, 4.69) is 15.5 Å². The van der Waals surface area contributed by atoms with Crippen LogP contribution in [-0.2, 0) is 0 Å². The number of anilines is 1. The van der Waals surface area contributed by atoms with E-state index >= 15 is 0 Å². The van der Waals surface area contributed by atoms with Gasteiger partial charge in [0, 0.05) is 5.39 Å². The minimum absolute atomic E-state index is 0.0552. The lowest BCUT2D eigenvalue weighted by atomic mass is 10.2. The lowest BCUT2D eigenvalue weighted by molar-refractivity contribution is 0.0995. The van der Waals surface area contributed by atoms with E-state index in [9.17, 15) is 4.79 Å². The highest BCUT2D eigenvalue weighted by molar-refractivity contribution is 6.33. The Kier molecular flexibility index (Phi) is 4.52. The number of hydrogen-bond acceptors (Lipinski definition) is 6. The smallest absolute Gasteiger partial charge is 0.322 e. The molecule has 2 aromatic carbocycles. The average Bonchev–Trinajstić information content (AvgIpc) is 3.30. The van der Waals surface area contributed by atoms with Crippen molar-refractivity contribution in [3.05, 3.63) is 59.3 Å². The van der Waals surface area contributed by atoms with Crippen LogP contribution >= 0.6 is 11.6 Å². The first-order valence-corrected chi connectivity index (χ1v) is 8.58. The average molecular weight is 384 g/mol. The van der Waals surface area contributed by atoms with Gasteiger partial charge in [-0.3, -0.25) is 10.1 Å². The Labute approximate surface area is 158 Å². The van der Waals surface area contributed by atoms with Gasteiger partial charge >= 0.3 is 6.01 Å². The number of ether oxygens (including phenoxy) is 1. The molecule has 2 heterocycles. The minimum atomic E-state index is -0.511. The van der Waals surface area contributed by atoms with Crippen molar-refractivity contribution in [3.8, 4) is 17.2 Å². The maximum Gasteiger partial charge on any atom is 0.322 e. The van der Waals surface area contributed by atoms with Crippen LogP contribution in [0.5, 0.6) is 5.75 Å². The van der Waals surface area contributed by atoms with Crippen molar-refractivity contribution in [2.75, 3.05) is 11.9 Å². The highest BCUT2D eigenvalue weighted by atomic mass is 35.5. The van der Waals surface area contributed by atoms with E-state index in [0.29, 0.717) is 28.5 Å². The molecule has 0 unspecified atom stereocenters. The van der Waals surface area contributed by atoms with E-state index in [1.165, 1.54) is 0 Å². The second-order valence-corrected chi connectivity index (χ2v) is 5.97. The van der Waals surface area contributed by atoms with Crippen LogP contribution in [0.25, 0.3) is 22.4 Å². The molecule has 0 spiro atoms. The second-order valence-electron chi connectivity index (χ2n) is 5.56. The summed E-state index contributed by atoms with van der Waals surface area (Å²) in [6.45, 7) is 2.37. The molecule has 2 aromatic heterocycles. The molecule has 1 N–H and O–H groups in total. The maximum atomic E-state index is 12.5. The van der Waals surface area contributed by atoms with E-state index in [0.717, 1.165) is 5.39 Å². The molecule has 8 heteroatoms. The zero-order valence-corrected chi connectivity index (χ0v) is 15.0. The van der Waals surface area contributed by atoms with E-state index < -0.39 is 5.91 Å². The number of aromatic nitrogens is 2. The first-order valence-electron chi connectivity index (χ1n) is 8.21. The number of nitrogens with zero attached hydrogens (tertiary/aromatic N) is 2. The minimum Gasteiger partial charge on any atom is -0.490 e. The topological polar surface area (TPSA) is 90.4 Å². The Hall–Kier alpha value is -3.32. The summed E-state index contributed by atoms with van der Waals surface area (Å²) in [5.74, 6) is 0.379. The summed E-state index contributed by atoms with van der Waals surface area (Å²) < 4.78 is 16.6. The number of para-hydroxylation sites is 1. The van der Waals surface area contributed by atoms with Crippen LogP contribution in [0.1, 0.15) is 17.5 Å². The predicted molar refractivity (Wildman–Crippen MR) is 100 cm³/mol. The molecule has 0 saturated carbocycles. The van der Waals surface area contributed by atoms with Crippen molar-refractivity contribution >= 4 is 34.5 Å². The Morgan fingerprint density at radius 2 is 2.00 bits per heavy atom. The van der Waals surface area contributed by atoms with E-state index in [1.807, 2.05) is 19.1 Å². The van der Waals surface area contributed by atoms with Gasteiger partial charge in [0.05, 0.1) is 17.2 Å². The molecule has 0 saturated heterocycles. The number of fused-ring (bicyclic) bond motifs is 1.